The fraction of sp³-hybridized carbons (Fsp3) is 0.462. The minimum atomic E-state index is -0.541. The fourth-order valence-electron chi connectivity index (χ4n) is 2.29. The molecule has 0 aliphatic carbocycles. The van der Waals surface area contributed by atoms with Gasteiger partial charge in [0.1, 0.15) is 0 Å². The maximum atomic E-state index is 12.3. The zero-order chi connectivity index (χ0) is 14.7. The molecule has 0 bridgehead atoms. The van der Waals surface area contributed by atoms with Crippen molar-refractivity contribution in [1.29, 1.82) is 0 Å². The largest absolute Gasteiger partial charge is 0.490 e. The molecule has 1 fully saturated rings. The van der Waals surface area contributed by atoms with Gasteiger partial charge < -0.3 is 9.64 Å². The lowest BCUT2D eigenvalue weighted by Gasteiger charge is -2.16. The van der Waals surface area contributed by atoms with Crippen molar-refractivity contribution in [2.45, 2.75) is 6.42 Å². The molecule has 108 valence electrons. The van der Waals surface area contributed by atoms with Gasteiger partial charge in [0.15, 0.2) is 5.75 Å². The Hall–Kier alpha value is -1.63. The first-order chi connectivity index (χ1) is 9.56. The van der Waals surface area contributed by atoms with Crippen LogP contribution in [0.4, 0.5) is 5.69 Å². The number of rotatable bonds is 4. The van der Waals surface area contributed by atoms with Crippen LogP contribution < -0.4 is 4.74 Å². The highest BCUT2D eigenvalue weighted by Crippen LogP contribution is 2.29. The quantitative estimate of drug-likeness (QED) is 0.478. The number of nitro groups is 1. The summed E-state index contributed by atoms with van der Waals surface area (Å²) in [7, 11) is 1.37. The predicted octanol–water partition coefficient (Wildman–Crippen LogP) is 2.46. The second-order valence-corrected chi connectivity index (χ2v) is 5.35. The number of ether oxygens (including phenoxy) is 1. The number of methoxy groups -OCH3 is 1. The van der Waals surface area contributed by atoms with E-state index in [1.54, 1.807) is 11.0 Å². The number of carbonyl (C=O) groups excluding carboxylic acids is 1. The third kappa shape index (κ3) is 2.92. The van der Waals surface area contributed by atoms with E-state index in [2.05, 4.69) is 15.9 Å². The molecule has 7 heteroatoms. The number of benzene rings is 1. The molecule has 1 aliphatic heterocycles. The Morgan fingerprint density at radius 3 is 2.90 bits per heavy atom. The van der Waals surface area contributed by atoms with Crippen LogP contribution in [0, 0.1) is 16.0 Å². The van der Waals surface area contributed by atoms with E-state index >= 15 is 0 Å². The van der Waals surface area contributed by atoms with Gasteiger partial charge in [0, 0.05) is 30.0 Å². The number of likely N-dealkylation sites (tertiary alicyclic amines) is 1. The van der Waals surface area contributed by atoms with Gasteiger partial charge in [-0.15, -0.1) is 0 Å². The summed E-state index contributed by atoms with van der Waals surface area (Å²) >= 11 is 3.41. The molecule has 1 aliphatic rings. The number of hydrogen-bond donors (Lipinski definition) is 0. The van der Waals surface area contributed by atoms with Crippen molar-refractivity contribution in [2.75, 3.05) is 25.5 Å². The molecule has 6 nitrogen and oxygen atoms in total. The lowest BCUT2D eigenvalue weighted by atomic mass is 10.1. The van der Waals surface area contributed by atoms with E-state index in [4.69, 9.17) is 4.74 Å². The SMILES string of the molecule is COc1ccc(C(=O)N2CCC(CBr)C2)cc1[N+](=O)[O-]. The maximum Gasteiger partial charge on any atom is 0.311 e. The molecule has 1 heterocycles. The normalized spacial score (nSPS) is 18.1. The van der Waals surface area contributed by atoms with E-state index in [0.717, 1.165) is 11.8 Å². The molecule has 1 amide bonds. The van der Waals surface area contributed by atoms with E-state index in [1.807, 2.05) is 0 Å². The van der Waals surface area contributed by atoms with Gasteiger partial charge in [0.2, 0.25) is 0 Å². The third-order valence-electron chi connectivity index (χ3n) is 3.41. The fourth-order valence-corrected chi connectivity index (χ4v) is 2.82. The Balaban J connectivity index is 2.23. The first kappa shape index (κ1) is 14.8. The van der Waals surface area contributed by atoms with Crippen LogP contribution >= 0.6 is 15.9 Å². The maximum absolute atomic E-state index is 12.3. The first-order valence-corrected chi connectivity index (χ1v) is 7.36. The minimum Gasteiger partial charge on any atom is -0.490 e. The van der Waals surface area contributed by atoms with Crippen LogP contribution in [0.1, 0.15) is 16.8 Å². The molecule has 1 unspecified atom stereocenters. The predicted molar refractivity (Wildman–Crippen MR) is 77.5 cm³/mol. The summed E-state index contributed by atoms with van der Waals surface area (Å²) in [4.78, 5) is 24.5. The van der Waals surface area contributed by atoms with Crippen molar-refractivity contribution in [3.8, 4) is 5.75 Å². The highest BCUT2D eigenvalue weighted by molar-refractivity contribution is 9.09. The van der Waals surface area contributed by atoms with Gasteiger partial charge in [-0.3, -0.25) is 14.9 Å². The Morgan fingerprint density at radius 2 is 2.35 bits per heavy atom. The molecule has 1 saturated heterocycles. The summed E-state index contributed by atoms with van der Waals surface area (Å²) in [5.41, 5.74) is 0.141. The lowest BCUT2D eigenvalue weighted by molar-refractivity contribution is -0.385. The van der Waals surface area contributed by atoms with Crippen LogP contribution in [0.25, 0.3) is 0 Å². The summed E-state index contributed by atoms with van der Waals surface area (Å²) in [5.74, 6) is 0.442. The van der Waals surface area contributed by atoms with Crippen LogP contribution in [0.5, 0.6) is 5.75 Å². The first-order valence-electron chi connectivity index (χ1n) is 6.24. The molecule has 1 atom stereocenters. The number of hydrogen-bond acceptors (Lipinski definition) is 4. The number of amides is 1. The summed E-state index contributed by atoms with van der Waals surface area (Å²) < 4.78 is 4.93. The smallest absolute Gasteiger partial charge is 0.311 e. The summed E-state index contributed by atoms with van der Waals surface area (Å²) in [6, 6.07) is 4.31. The molecule has 20 heavy (non-hydrogen) atoms. The van der Waals surface area contributed by atoms with Crippen molar-refractivity contribution < 1.29 is 14.5 Å². The second kappa shape index (κ2) is 6.21. The molecule has 0 spiro atoms. The molecule has 0 saturated carbocycles. The van der Waals surface area contributed by atoms with Gasteiger partial charge in [-0.05, 0) is 24.5 Å². The summed E-state index contributed by atoms with van der Waals surface area (Å²) in [5, 5.41) is 11.8. The van der Waals surface area contributed by atoms with Crippen molar-refractivity contribution in [2.24, 2.45) is 5.92 Å². The van der Waals surface area contributed by atoms with Crippen LogP contribution in [-0.4, -0.2) is 41.3 Å². The van der Waals surface area contributed by atoms with Gasteiger partial charge in [0.05, 0.1) is 12.0 Å². The number of alkyl halides is 1. The molecule has 0 aromatic heterocycles. The van der Waals surface area contributed by atoms with Crippen LogP contribution in [-0.2, 0) is 0 Å². The number of halogens is 1. The molecule has 2 rings (SSSR count). The van der Waals surface area contributed by atoms with E-state index < -0.39 is 4.92 Å². The van der Waals surface area contributed by atoms with Gasteiger partial charge in [0.25, 0.3) is 5.91 Å². The van der Waals surface area contributed by atoms with Gasteiger partial charge >= 0.3 is 5.69 Å². The van der Waals surface area contributed by atoms with Gasteiger partial charge in [-0.1, -0.05) is 15.9 Å². The molecule has 0 N–H and O–H groups in total. The Labute approximate surface area is 125 Å². The molecular formula is C13H15BrN2O4. The monoisotopic (exact) mass is 342 g/mol. The molecule has 1 aromatic carbocycles. The standard InChI is InChI=1S/C13H15BrN2O4/c1-20-12-3-2-10(6-11(12)16(18)19)13(17)15-5-4-9(7-14)8-15/h2-3,6,9H,4-5,7-8H2,1H3. The van der Waals surface area contributed by atoms with Crippen LogP contribution in [0.2, 0.25) is 0 Å². The number of nitro benzene ring substituents is 1. The minimum absolute atomic E-state index is 0.159. The average molecular weight is 343 g/mol. The summed E-state index contributed by atoms with van der Waals surface area (Å²) in [6.07, 6.45) is 0.954. The second-order valence-electron chi connectivity index (χ2n) is 4.70. The Bertz CT molecular complexity index is 535. The Morgan fingerprint density at radius 1 is 1.60 bits per heavy atom. The highest BCUT2D eigenvalue weighted by atomic mass is 79.9. The third-order valence-corrected chi connectivity index (χ3v) is 4.33. The van der Waals surface area contributed by atoms with Crippen molar-refractivity contribution >= 4 is 27.5 Å². The molecule has 0 radical (unpaired) electrons. The van der Waals surface area contributed by atoms with Gasteiger partial charge in [-0.2, -0.15) is 0 Å². The summed E-state index contributed by atoms with van der Waals surface area (Å²) in [6.45, 7) is 1.37. The zero-order valence-electron chi connectivity index (χ0n) is 11.0. The van der Waals surface area contributed by atoms with Crippen molar-refractivity contribution in [1.82, 2.24) is 4.90 Å². The van der Waals surface area contributed by atoms with E-state index in [9.17, 15) is 14.9 Å². The average Bonchev–Trinajstić information content (AvgIpc) is 2.94. The molecule has 1 aromatic rings. The lowest BCUT2D eigenvalue weighted by Crippen LogP contribution is -2.28. The highest BCUT2D eigenvalue weighted by Gasteiger charge is 2.27. The molecular weight excluding hydrogens is 328 g/mol. The zero-order valence-corrected chi connectivity index (χ0v) is 12.6. The van der Waals surface area contributed by atoms with Crippen molar-refractivity contribution in [3.05, 3.63) is 33.9 Å². The van der Waals surface area contributed by atoms with E-state index in [1.165, 1.54) is 19.2 Å². The number of nitrogens with zero attached hydrogens (tertiary/aromatic N) is 2. The topological polar surface area (TPSA) is 72.7 Å². The van der Waals surface area contributed by atoms with E-state index in [-0.39, 0.29) is 17.3 Å². The van der Waals surface area contributed by atoms with Crippen LogP contribution in [0.15, 0.2) is 18.2 Å². The van der Waals surface area contributed by atoms with Gasteiger partial charge in [-0.25, -0.2) is 0 Å². The Kier molecular flexibility index (Phi) is 4.59. The van der Waals surface area contributed by atoms with Crippen LogP contribution in [0.3, 0.4) is 0 Å². The van der Waals surface area contributed by atoms with Crippen molar-refractivity contribution in [3.63, 3.8) is 0 Å². The number of carbonyl (C=O) groups is 1. The van der Waals surface area contributed by atoms with E-state index in [0.29, 0.717) is 24.6 Å².